The molecule has 0 atom stereocenters. The van der Waals surface area contributed by atoms with E-state index >= 15 is 0 Å². The highest BCUT2D eigenvalue weighted by Gasteiger charge is 2.21. The van der Waals surface area contributed by atoms with E-state index in [1.165, 1.54) is 5.56 Å². The summed E-state index contributed by atoms with van der Waals surface area (Å²) < 4.78 is 11.9. The number of benzene rings is 3. The van der Waals surface area contributed by atoms with E-state index in [4.69, 9.17) is 32.7 Å². The fourth-order valence-electron chi connectivity index (χ4n) is 5.01. The predicted octanol–water partition coefficient (Wildman–Crippen LogP) is 8.07. The molecule has 0 unspecified atom stereocenters. The van der Waals surface area contributed by atoms with Crippen LogP contribution in [0, 0.1) is 6.92 Å². The second kappa shape index (κ2) is 14.4. The van der Waals surface area contributed by atoms with E-state index in [0.29, 0.717) is 34.0 Å². The van der Waals surface area contributed by atoms with Gasteiger partial charge in [0.1, 0.15) is 18.6 Å². The van der Waals surface area contributed by atoms with E-state index in [1.54, 1.807) is 24.4 Å². The van der Waals surface area contributed by atoms with Crippen LogP contribution in [0.2, 0.25) is 10.0 Å². The summed E-state index contributed by atoms with van der Waals surface area (Å²) in [5.74, 6) is 1.50. The lowest BCUT2D eigenvalue weighted by Gasteiger charge is -2.37. The lowest BCUT2D eigenvalue weighted by Crippen LogP contribution is -2.45. The van der Waals surface area contributed by atoms with Gasteiger partial charge in [0.25, 0.3) is 0 Å². The van der Waals surface area contributed by atoms with Crippen LogP contribution in [0.5, 0.6) is 17.4 Å². The maximum absolute atomic E-state index is 11.6. The Morgan fingerprint density at radius 2 is 1.74 bits per heavy atom. The van der Waals surface area contributed by atoms with Gasteiger partial charge in [-0.3, -0.25) is 9.69 Å². The smallest absolute Gasteiger partial charge is 0.219 e. The van der Waals surface area contributed by atoms with Gasteiger partial charge in [-0.05, 0) is 53.4 Å². The Morgan fingerprint density at radius 1 is 0.977 bits per heavy atom. The summed E-state index contributed by atoms with van der Waals surface area (Å²) in [6.45, 7) is 10.3. The molecule has 0 aliphatic carbocycles. The average molecular weight is 615 g/mol. The van der Waals surface area contributed by atoms with Crippen LogP contribution in [0.3, 0.4) is 0 Å². The molecule has 1 saturated heterocycles. The van der Waals surface area contributed by atoms with Gasteiger partial charge in [0.15, 0.2) is 5.75 Å². The molecule has 6 nitrogen and oxygen atoms in total. The number of aldehydes is 1. The van der Waals surface area contributed by atoms with Gasteiger partial charge in [0.2, 0.25) is 5.88 Å². The molecule has 1 aromatic heterocycles. The summed E-state index contributed by atoms with van der Waals surface area (Å²) in [5.41, 5.74) is 5.83. The number of pyridine rings is 1. The second-order valence-electron chi connectivity index (χ2n) is 10.3. The summed E-state index contributed by atoms with van der Waals surface area (Å²) in [5, 5.41) is 1.09. The van der Waals surface area contributed by atoms with E-state index in [0.717, 1.165) is 67.0 Å². The quantitative estimate of drug-likeness (QED) is 0.126. The van der Waals surface area contributed by atoms with E-state index in [9.17, 15) is 4.79 Å². The first kappa shape index (κ1) is 30.4. The number of carbonyl (C=O) groups is 1. The number of ether oxygens (including phenoxy) is 2. The number of aromatic nitrogens is 1. The molecule has 1 fully saturated rings. The van der Waals surface area contributed by atoms with E-state index in [2.05, 4.69) is 45.6 Å². The van der Waals surface area contributed by atoms with Crippen molar-refractivity contribution in [1.82, 2.24) is 14.8 Å². The predicted molar refractivity (Wildman–Crippen MR) is 174 cm³/mol. The van der Waals surface area contributed by atoms with E-state index < -0.39 is 0 Å². The molecule has 43 heavy (non-hydrogen) atoms. The minimum Gasteiger partial charge on any atom is -0.487 e. The SMILES string of the molecule is C=Cc1ccc(CN2CCN(/C(=C/C=O)c3cc(C)c(Oc4ccc(OCc5ccccc5Cl)cn4)c(Cl)c3)CC2)cc1. The summed E-state index contributed by atoms with van der Waals surface area (Å²) in [4.78, 5) is 20.7. The summed E-state index contributed by atoms with van der Waals surface area (Å²) in [6.07, 6.45) is 5.89. The maximum Gasteiger partial charge on any atom is 0.219 e. The van der Waals surface area contributed by atoms with Crippen molar-refractivity contribution in [2.24, 2.45) is 0 Å². The van der Waals surface area contributed by atoms with Crippen molar-refractivity contribution in [1.29, 1.82) is 0 Å². The second-order valence-corrected chi connectivity index (χ2v) is 11.1. The standard InChI is InChI=1S/C35H33Cl2N3O3/c1-3-26-8-10-27(11-9-26)23-39-15-17-40(18-16-39)33(14-19-41)29-20-25(2)35(32(37)21-29)43-34-13-12-30(22-38-34)42-24-28-6-4-5-7-31(28)36/h3-14,19-22H,1,15-18,23-24H2,2H3/b33-14+. The topological polar surface area (TPSA) is 54.9 Å². The highest BCUT2D eigenvalue weighted by Crippen LogP contribution is 2.36. The van der Waals surface area contributed by atoms with Crippen molar-refractivity contribution in [3.8, 4) is 17.4 Å². The van der Waals surface area contributed by atoms with E-state index in [-0.39, 0.29) is 0 Å². The number of hydrogen-bond donors (Lipinski definition) is 0. The zero-order valence-electron chi connectivity index (χ0n) is 24.0. The molecular weight excluding hydrogens is 581 g/mol. The van der Waals surface area contributed by atoms with Gasteiger partial charge in [-0.15, -0.1) is 0 Å². The molecule has 1 aliphatic heterocycles. The molecule has 8 heteroatoms. The maximum atomic E-state index is 11.6. The lowest BCUT2D eigenvalue weighted by atomic mass is 10.1. The van der Waals surface area contributed by atoms with Crippen LogP contribution in [-0.4, -0.2) is 47.2 Å². The van der Waals surface area contributed by atoms with Gasteiger partial charge in [-0.1, -0.05) is 78.3 Å². The van der Waals surface area contributed by atoms with E-state index in [1.807, 2.05) is 49.4 Å². The Kier molecular flexibility index (Phi) is 10.2. The first-order chi connectivity index (χ1) is 20.9. The number of hydrogen-bond acceptors (Lipinski definition) is 6. The summed E-state index contributed by atoms with van der Waals surface area (Å²) >= 11 is 12.9. The van der Waals surface area contributed by atoms with Crippen molar-refractivity contribution >= 4 is 41.3 Å². The molecule has 1 aliphatic rings. The Hall–Kier alpha value is -4.10. The summed E-state index contributed by atoms with van der Waals surface area (Å²) in [7, 11) is 0. The van der Waals surface area contributed by atoms with Crippen LogP contribution in [0.4, 0.5) is 0 Å². The molecule has 5 rings (SSSR count). The van der Waals surface area contributed by atoms with Crippen LogP contribution in [0.15, 0.2) is 91.6 Å². The van der Waals surface area contributed by atoms with Crippen molar-refractivity contribution in [2.45, 2.75) is 20.1 Å². The van der Waals surface area contributed by atoms with Gasteiger partial charge < -0.3 is 14.4 Å². The highest BCUT2D eigenvalue weighted by atomic mass is 35.5. The van der Waals surface area contributed by atoms with Crippen LogP contribution in [-0.2, 0) is 17.9 Å². The number of nitrogens with zero attached hydrogens (tertiary/aromatic N) is 3. The average Bonchev–Trinajstić information content (AvgIpc) is 3.02. The third-order valence-corrected chi connectivity index (χ3v) is 8.00. The van der Waals surface area contributed by atoms with Crippen molar-refractivity contribution in [2.75, 3.05) is 26.2 Å². The molecular formula is C35H33Cl2N3O3. The number of aryl methyl sites for hydroxylation is 1. The first-order valence-electron chi connectivity index (χ1n) is 14.1. The monoisotopic (exact) mass is 613 g/mol. The molecule has 3 aromatic carbocycles. The minimum absolute atomic E-state index is 0.337. The highest BCUT2D eigenvalue weighted by molar-refractivity contribution is 6.32. The van der Waals surface area contributed by atoms with Crippen LogP contribution < -0.4 is 9.47 Å². The zero-order valence-corrected chi connectivity index (χ0v) is 25.5. The van der Waals surface area contributed by atoms with Gasteiger partial charge in [-0.2, -0.15) is 0 Å². The fraction of sp³-hybridized carbons (Fsp3) is 0.200. The number of rotatable bonds is 11. The molecule has 0 saturated carbocycles. The van der Waals surface area contributed by atoms with Crippen LogP contribution in [0.1, 0.15) is 27.8 Å². The zero-order chi connectivity index (χ0) is 30.2. The molecule has 220 valence electrons. The largest absolute Gasteiger partial charge is 0.487 e. The lowest BCUT2D eigenvalue weighted by molar-refractivity contribution is -0.104. The fourth-order valence-corrected chi connectivity index (χ4v) is 5.51. The van der Waals surface area contributed by atoms with Gasteiger partial charge in [-0.25, -0.2) is 4.98 Å². The normalized spacial score (nSPS) is 13.9. The first-order valence-corrected chi connectivity index (χ1v) is 14.8. The molecule has 0 amide bonds. The molecule has 2 heterocycles. The minimum atomic E-state index is 0.337. The van der Waals surface area contributed by atoms with Gasteiger partial charge >= 0.3 is 0 Å². The number of carbonyl (C=O) groups excluding carboxylic acids is 1. The molecule has 4 aromatic rings. The van der Waals surface area contributed by atoms with Crippen molar-refractivity contribution < 1.29 is 14.3 Å². The Balaban J connectivity index is 1.21. The molecule has 0 spiro atoms. The Bertz CT molecular complexity index is 1570. The third-order valence-electron chi connectivity index (χ3n) is 7.35. The molecule has 0 radical (unpaired) electrons. The molecule has 0 bridgehead atoms. The van der Waals surface area contributed by atoms with Gasteiger partial charge in [0.05, 0.1) is 11.2 Å². The summed E-state index contributed by atoms with van der Waals surface area (Å²) in [6, 6.07) is 23.4. The number of piperazine rings is 1. The number of allylic oxidation sites excluding steroid dienone is 1. The Labute approximate surface area is 262 Å². The van der Waals surface area contributed by atoms with Gasteiger partial charge in [0, 0.05) is 61.1 Å². The van der Waals surface area contributed by atoms with Crippen LogP contribution in [0.25, 0.3) is 11.8 Å². The number of halogens is 2. The molecule has 0 N–H and O–H groups in total. The third kappa shape index (κ3) is 7.85. The van der Waals surface area contributed by atoms with Crippen molar-refractivity contribution in [3.63, 3.8) is 0 Å². The van der Waals surface area contributed by atoms with Crippen molar-refractivity contribution in [3.05, 3.63) is 130 Å². The van der Waals surface area contributed by atoms with Crippen LogP contribution >= 0.6 is 23.2 Å². The Morgan fingerprint density at radius 3 is 2.40 bits per heavy atom.